The summed E-state index contributed by atoms with van der Waals surface area (Å²) in [6.45, 7) is 2.35. The molecule has 0 saturated carbocycles. The average molecular weight is 818 g/mol. The molecule has 0 fully saturated rings. The van der Waals surface area contributed by atoms with Gasteiger partial charge in [-0.3, -0.25) is 0 Å². The number of hydrogen-bond donors (Lipinski definition) is 0. The van der Waals surface area contributed by atoms with E-state index in [-0.39, 0.29) is 0 Å². The molecule has 0 saturated heterocycles. The lowest BCUT2D eigenvalue weighted by molar-refractivity contribution is 0.771. The van der Waals surface area contributed by atoms with E-state index in [1.807, 2.05) is 0 Å². The van der Waals surface area contributed by atoms with Crippen LogP contribution in [0.25, 0.3) is 77.2 Å². The fourth-order valence-electron chi connectivity index (χ4n) is 9.49. The molecule has 64 heavy (non-hydrogen) atoms. The second-order valence-electron chi connectivity index (χ2n) is 17.0. The Hall–Kier alpha value is -8.00. The first-order chi connectivity index (χ1) is 31.6. The van der Waals surface area contributed by atoms with Crippen molar-refractivity contribution in [1.82, 2.24) is 0 Å². The second-order valence-corrected chi connectivity index (χ2v) is 17.0. The Morgan fingerprint density at radius 2 is 0.750 bits per heavy atom. The molecular formula is C63H47N. The van der Waals surface area contributed by atoms with Crippen LogP contribution in [-0.2, 0) is 0 Å². The first kappa shape index (κ1) is 38.9. The third-order valence-corrected chi connectivity index (χ3v) is 13.0. The van der Waals surface area contributed by atoms with E-state index in [1.54, 1.807) is 0 Å². The van der Waals surface area contributed by atoms with Gasteiger partial charge in [0.1, 0.15) is 0 Å². The van der Waals surface area contributed by atoms with Gasteiger partial charge in [-0.25, -0.2) is 0 Å². The van der Waals surface area contributed by atoms with Crippen LogP contribution >= 0.6 is 0 Å². The Morgan fingerprint density at radius 3 is 1.33 bits per heavy atom. The van der Waals surface area contributed by atoms with E-state index in [4.69, 9.17) is 0 Å². The van der Waals surface area contributed by atoms with Crippen LogP contribution in [0.3, 0.4) is 0 Å². The van der Waals surface area contributed by atoms with Crippen molar-refractivity contribution in [3.05, 3.63) is 260 Å². The van der Waals surface area contributed by atoms with Crippen LogP contribution in [0, 0.1) is 5.92 Å². The molecule has 1 atom stereocenters. The first-order valence-electron chi connectivity index (χ1n) is 22.4. The van der Waals surface area contributed by atoms with Gasteiger partial charge in [0.15, 0.2) is 0 Å². The summed E-state index contributed by atoms with van der Waals surface area (Å²) in [7, 11) is 0. The lowest BCUT2D eigenvalue weighted by Crippen LogP contribution is -2.12. The summed E-state index contributed by atoms with van der Waals surface area (Å²) in [6, 6.07) is 86.5. The maximum Gasteiger partial charge on any atom is 0.0546 e. The number of hydrogen-bond acceptors (Lipinski definition) is 1. The van der Waals surface area contributed by atoms with Gasteiger partial charge in [-0.05, 0) is 138 Å². The number of anilines is 3. The molecule has 0 bridgehead atoms. The largest absolute Gasteiger partial charge is 0.310 e. The molecule has 10 aromatic carbocycles. The van der Waals surface area contributed by atoms with Crippen LogP contribution in [0.4, 0.5) is 17.1 Å². The highest BCUT2D eigenvalue weighted by atomic mass is 15.1. The predicted octanol–water partition coefficient (Wildman–Crippen LogP) is 17.6. The molecule has 11 rings (SSSR count). The molecule has 10 aromatic rings. The van der Waals surface area contributed by atoms with E-state index >= 15 is 0 Å². The number of fused-ring (bicyclic) bond motifs is 2. The fourth-order valence-corrected chi connectivity index (χ4v) is 9.49. The molecule has 1 heteroatoms. The minimum absolute atomic E-state index is 0.398. The van der Waals surface area contributed by atoms with Gasteiger partial charge >= 0.3 is 0 Å². The number of benzene rings is 10. The lowest BCUT2D eigenvalue weighted by Gasteiger charge is -2.29. The molecule has 0 aliphatic heterocycles. The molecule has 1 aliphatic carbocycles. The molecular weight excluding hydrogens is 771 g/mol. The van der Waals surface area contributed by atoms with Gasteiger partial charge in [0.2, 0.25) is 0 Å². The van der Waals surface area contributed by atoms with Gasteiger partial charge in [-0.2, -0.15) is 0 Å². The van der Waals surface area contributed by atoms with Crippen LogP contribution in [0.1, 0.15) is 24.5 Å². The normalized spacial score (nSPS) is 13.7. The minimum Gasteiger partial charge on any atom is -0.310 e. The van der Waals surface area contributed by atoms with E-state index in [2.05, 4.69) is 261 Å². The van der Waals surface area contributed by atoms with E-state index in [9.17, 15) is 0 Å². The van der Waals surface area contributed by atoms with Gasteiger partial charge in [0, 0.05) is 16.9 Å². The number of rotatable bonds is 9. The molecule has 0 heterocycles. The fraction of sp³-hybridized carbons (Fsp3) is 0.0476. The van der Waals surface area contributed by atoms with Crippen molar-refractivity contribution in [1.29, 1.82) is 0 Å². The van der Waals surface area contributed by atoms with Crippen molar-refractivity contribution >= 4 is 49.8 Å². The van der Waals surface area contributed by atoms with Crippen LogP contribution in [-0.4, -0.2) is 0 Å². The summed E-state index contributed by atoms with van der Waals surface area (Å²) >= 11 is 0. The molecule has 0 spiro atoms. The smallest absolute Gasteiger partial charge is 0.0546 e. The Bertz CT molecular complexity index is 3320. The van der Waals surface area contributed by atoms with Crippen LogP contribution < -0.4 is 4.90 Å². The molecule has 1 unspecified atom stereocenters. The maximum absolute atomic E-state index is 2.45. The summed E-state index contributed by atoms with van der Waals surface area (Å²) in [5.41, 5.74) is 18.2. The summed E-state index contributed by atoms with van der Waals surface area (Å²) in [5, 5.41) is 4.93. The third-order valence-electron chi connectivity index (χ3n) is 13.0. The zero-order valence-electron chi connectivity index (χ0n) is 35.9. The van der Waals surface area contributed by atoms with E-state index in [0.29, 0.717) is 5.92 Å². The standard InChI is InChI=1S/C63H47N/c1-44-40-55(46-14-6-3-7-15-46)32-38-61(44)52-30-36-60(37-31-52)64(59-34-28-51(29-35-59)50-22-20-49(21-23-50)45-12-4-2-5-13-45)63-43-57(56-26-24-47-16-8-10-18-53(47)41-56)33-39-62(63)58-27-25-48-17-9-11-19-54(48)42-58/h2-39,41-44H,40H2,1H3. The van der Waals surface area contributed by atoms with Gasteiger partial charge < -0.3 is 4.90 Å². The summed E-state index contributed by atoms with van der Waals surface area (Å²) in [4.78, 5) is 2.45. The van der Waals surface area contributed by atoms with E-state index in [0.717, 1.165) is 23.5 Å². The van der Waals surface area contributed by atoms with Gasteiger partial charge in [0.25, 0.3) is 0 Å². The van der Waals surface area contributed by atoms with Gasteiger partial charge in [-0.1, -0.05) is 213 Å². The average Bonchev–Trinajstić information content (AvgIpc) is 3.37. The highest BCUT2D eigenvalue weighted by Crippen LogP contribution is 2.45. The first-order valence-corrected chi connectivity index (χ1v) is 22.4. The molecule has 0 N–H and O–H groups in total. The van der Waals surface area contributed by atoms with Crippen molar-refractivity contribution in [3.63, 3.8) is 0 Å². The predicted molar refractivity (Wildman–Crippen MR) is 274 cm³/mol. The lowest BCUT2D eigenvalue weighted by atomic mass is 9.82. The maximum atomic E-state index is 2.45. The van der Waals surface area contributed by atoms with Crippen molar-refractivity contribution in [2.75, 3.05) is 4.90 Å². The summed E-state index contributed by atoms with van der Waals surface area (Å²) in [6.07, 6.45) is 5.66. The monoisotopic (exact) mass is 817 g/mol. The van der Waals surface area contributed by atoms with Crippen molar-refractivity contribution in [2.45, 2.75) is 13.3 Å². The molecule has 1 aliphatic rings. The summed E-state index contributed by atoms with van der Waals surface area (Å²) < 4.78 is 0. The highest BCUT2D eigenvalue weighted by Gasteiger charge is 2.22. The molecule has 0 aromatic heterocycles. The Labute approximate surface area is 376 Å². The van der Waals surface area contributed by atoms with Crippen LogP contribution in [0.2, 0.25) is 0 Å². The number of nitrogens with zero attached hydrogens (tertiary/aromatic N) is 1. The van der Waals surface area contributed by atoms with Crippen molar-refractivity contribution in [3.8, 4) is 44.5 Å². The Balaban J connectivity index is 1.04. The summed E-state index contributed by atoms with van der Waals surface area (Å²) in [5.74, 6) is 0.398. The topological polar surface area (TPSA) is 3.24 Å². The van der Waals surface area contributed by atoms with Crippen molar-refractivity contribution < 1.29 is 0 Å². The van der Waals surface area contributed by atoms with E-state index < -0.39 is 0 Å². The quantitative estimate of drug-likeness (QED) is 0.140. The minimum atomic E-state index is 0.398. The van der Waals surface area contributed by atoms with Gasteiger partial charge in [0.05, 0.1) is 5.69 Å². The van der Waals surface area contributed by atoms with Crippen LogP contribution in [0.5, 0.6) is 0 Å². The van der Waals surface area contributed by atoms with Crippen LogP contribution in [0.15, 0.2) is 249 Å². The van der Waals surface area contributed by atoms with Crippen molar-refractivity contribution in [2.24, 2.45) is 5.92 Å². The SMILES string of the molecule is CC1CC(c2ccccc2)=CC=C1c1ccc(N(c2ccc(-c3ccc(-c4ccccc4)cc3)cc2)c2cc(-c3ccc4ccccc4c3)ccc2-c2ccc3ccccc3c2)cc1. The zero-order valence-corrected chi connectivity index (χ0v) is 35.9. The number of allylic oxidation sites excluding steroid dienone is 4. The molecule has 0 amide bonds. The Morgan fingerprint density at radius 1 is 0.328 bits per heavy atom. The zero-order chi connectivity index (χ0) is 42.8. The molecule has 0 radical (unpaired) electrons. The van der Waals surface area contributed by atoms with Gasteiger partial charge in [-0.15, -0.1) is 0 Å². The molecule has 304 valence electrons. The Kier molecular flexibility index (Phi) is 10.4. The third kappa shape index (κ3) is 7.74. The second kappa shape index (κ2) is 17.0. The molecule has 1 nitrogen and oxygen atoms in total. The van der Waals surface area contributed by atoms with E-state index in [1.165, 1.54) is 88.3 Å². The highest BCUT2D eigenvalue weighted by molar-refractivity contribution is 5.96.